The summed E-state index contributed by atoms with van der Waals surface area (Å²) in [7, 11) is 0. The number of pyridine rings is 1. The zero-order chi connectivity index (χ0) is 23.5. The van der Waals surface area contributed by atoms with Gasteiger partial charge in [0.15, 0.2) is 0 Å². The van der Waals surface area contributed by atoms with Crippen LogP contribution in [0.25, 0.3) is 5.65 Å². The van der Waals surface area contributed by atoms with Gasteiger partial charge in [0.25, 0.3) is 5.91 Å². The number of benzene rings is 2. The summed E-state index contributed by atoms with van der Waals surface area (Å²) < 4.78 is 15.0. The lowest BCUT2D eigenvalue weighted by molar-refractivity contribution is 0.102. The molecule has 4 rings (SSSR count). The molecule has 33 heavy (non-hydrogen) atoms. The standard InChI is InChI=1S/C24H21ClFN5O2/c1-14-6-7-16(15(2)28-24(33)29-19-5-3-4-18(26)12-19)10-20(14)30-23(32)21-13-27-22-11-17(25)8-9-31(21)22/h3-13,15H,1-2H3,(H,30,32)(H2,28,29,33). The Labute approximate surface area is 194 Å². The number of urea groups is 1. The third kappa shape index (κ3) is 5.12. The van der Waals surface area contributed by atoms with Crippen LogP contribution in [-0.4, -0.2) is 21.3 Å². The number of nitrogens with zero attached hydrogens (tertiary/aromatic N) is 2. The lowest BCUT2D eigenvalue weighted by Crippen LogP contribution is -2.31. The number of halogens is 2. The molecule has 3 amide bonds. The first-order chi connectivity index (χ1) is 15.8. The number of fused-ring (bicyclic) bond motifs is 1. The van der Waals surface area contributed by atoms with Crippen molar-refractivity contribution in [2.45, 2.75) is 19.9 Å². The van der Waals surface area contributed by atoms with E-state index in [9.17, 15) is 14.0 Å². The quantitative estimate of drug-likeness (QED) is 0.360. The average Bonchev–Trinajstić information content (AvgIpc) is 3.18. The minimum atomic E-state index is -0.469. The number of rotatable bonds is 5. The van der Waals surface area contributed by atoms with Crippen LogP contribution in [0.3, 0.4) is 0 Å². The highest BCUT2D eigenvalue weighted by atomic mass is 35.5. The monoisotopic (exact) mass is 465 g/mol. The highest BCUT2D eigenvalue weighted by Crippen LogP contribution is 2.23. The van der Waals surface area contributed by atoms with Gasteiger partial charge in [0.1, 0.15) is 17.2 Å². The fraction of sp³-hybridized carbons (Fsp3) is 0.125. The Morgan fingerprint density at radius 2 is 1.91 bits per heavy atom. The third-order valence-electron chi connectivity index (χ3n) is 5.15. The summed E-state index contributed by atoms with van der Waals surface area (Å²) in [5.74, 6) is -0.761. The number of imidazole rings is 1. The number of aromatic nitrogens is 2. The molecule has 7 nitrogen and oxygen atoms in total. The van der Waals surface area contributed by atoms with E-state index in [1.165, 1.54) is 24.4 Å². The number of hydrogen-bond acceptors (Lipinski definition) is 3. The van der Waals surface area contributed by atoms with Crippen molar-refractivity contribution in [3.63, 3.8) is 0 Å². The maximum atomic E-state index is 13.3. The Bertz CT molecular complexity index is 1350. The first-order valence-corrected chi connectivity index (χ1v) is 10.6. The second-order valence-electron chi connectivity index (χ2n) is 7.58. The van der Waals surface area contributed by atoms with Crippen LogP contribution in [0.2, 0.25) is 5.02 Å². The van der Waals surface area contributed by atoms with Crippen LogP contribution in [0.15, 0.2) is 67.0 Å². The summed E-state index contributed by atoms with van der Waals surface area (Å²) in [6.07, 6.45) is 3.17. The van der Waals surface area contributed by atoms with Gasteiger partial charge in [-0.2, -0.15) is 0 Å². The molecule has 0 saturated carbocycles. The molecule has 0 aliphatic heterocycles. The van der Waals surface area contributed by atoms with Gasteiger partial charge in [-0.25, -0.2) is 14.2 Å². The number of carbonyl (C=O) groups excluding carboxylic acids is 2. The van der Waals surface area contributed by atoms with Crippen molar-refractivity contribution in [2.24, 2.45) is 0 Å². The van der Waals surface area contributed by atoms with Crippen molar-refractivity contribution >= 4 is 40.6 Å². The molecule has 0 spiro atoms. The molecule has 2 aromatic carbocycles. The minimum Gasteiger partial charge on any atom is -0.331 e. The topological polar surface area (TPSA) is 87.5 Å². The third-order valence-corrected chi connectivity index (χ3v) is 5.38. The Kier molecular flexibility index (Phi) is 6.28. The van der Waals surface area contributed by atoms with E-state index < -0.39 is 11.8 Å². The molecule has 4 aromatic rings. The SMILES string of the molecule is Cc1ccc(C(C)NC(=O)Nc2cccc(F)c2)cc1NC(=O)c1cnc2cc(Cl)ccn12. The highest BCUT2D eigenvalue weighted by molar-refractivity contribution is 6.30. The fourth-order valence-electron chi connectivity index (χ4n) is 3.37. The summed E-state index contributed by atoms with van der Waals surface area (Å²) in [6, 6.07) is 13.7. The van der Waals surface area contributed by atoms with Crippen molar-refractivity contribution < 1.29 is 14.0 Å². The fourth-order valence-corrected chi connectivity index (χ4v) is 3.52. The van der Waals surface area contributed by atoms with Gasteiger partial charge in [0.2, 0.25) is 0 Å². The maximum Gasteiger partial charge on any atom is 0.319 e. The molecule has 0 aliphatic rings. The van der Waals surface area contributed by atoms with Gasteiger partial charge < -0.3 is 16.0 Å². The molecule has 1 unspecified atom stereocenters. The molecule has 0 radical (unpaired) electrons. The Morgan fingerprint density at radius 1 is 1.09 bits per heavy atom. The number of aryl methyl sites for hydroxylation is 1. The van der Waals surface area contributed by atoms with Crippen LogP contribution in [0.4, 0.5) is 20.6 Å². The Hall–Kier alpha value is -3.91. The van der Waals surface area contributed by atoms with Crippen LogP contribution in [0.1, 0.15) is 34.6 Å². The lowest BCUT2D eigenvalue weighted by atomic mass is 10.0. The summed E-state index contributed by atoms with van der Waals surface area (Å²) in [5, 5.41) is 8.86. The predicted octanol–water partition coefficient (Wildman–Crippen LogP) is 5.57. The Balaban J connectivity index is 1.47. The molecule has 0 fully saturated rings. The van der Waals surface area contributed by atoms with Crippen LogP contribution >= 0.6 is 11.6 Å². The van der Waals surface area contributed by atoms with Crippen LogP contribution in [0.5, 0.6) is 0 Å². The predicted molar refractivity (Wildman–Crippen MR) is 126 cm³/mol. The summed E-state index contributed by atoms with van der Waals surface area (Å²) >= 11 is 5.99. The average molecular weight is 466 g/mol. The van der Waals surface area contributed by atoms with Crippen molar-refractivity contribution in [3.05, 3.63) is 94.7 Å². The molecule has 1 atom stereocenters. The van der Waals surface area contributed by atoms with Gasteiger partial charge in [-0.05, 0) is 55.3 Å². The second-order valence-corrected chi connectivity index (χ2v) is 8.01. The van der Waals surface area contributed by atoms with Gasteiger partial charge in [0.05, 0.1) is 12.2 Å². The second kappa shape index (κ2) is 9.30. The largest absolute Gasteiger partial charge is 0.331 e. The minimum absolute atomic E-state index is 0.325. The van der Waals surface area contributed by atoms with Crippen LogP contribution in [0, 0.1) is 12.7 Å². The van der Waals surface area contributed by atoms with E-state index in [2.05, 4.69) is 20.9 Å². The van der Waals surface area contributed by atoms with E-state index in [1.54, 1.807) is 34.9 Å². The highest BCUT2D eigenvalue weighted by Gasteiger charge is 2.16. The number of carbonyl (C=O) groups is 2. The normalized spacial score (nSPS) is 11.8. The van der Waals surface area contributed by atoms with Gasteiger partial charge >= 0.3 is 6.03 Å². The van der Waals surface area contributed by atoms with Crippen molar-refractivity contribution in [1.29, 1.82) is 0 Å². The smallest absolute Gasteiger partial charge is 0.319 e. The van der Waals surface area contributed by atoms with Crippen LogP contribution in [-0.2, 0) is 0 Å². The zero-order valence-corrected chi connectivity index (χ0v) is 18.7. The summed E-state index contributed by atoms with van der Waals surface area (Å²) in [5.41, 5.74) is 3.55. The maximum absolute atomic E-state index is 13.3. The number of nitrogens with one attached hydrogen (secondary N) is 3. The molecule has 0 aliphatic carbocycles. The lowest BCUT2D eigenvalue weighted by Gasteiger charge is -2.17. The number of hydrogen-bond donors (Lipinski definition) is 3. The van der Waals surface area contributed by atoms with E-state index in [4.69, 9.17) is 11.6 Å². The van der Waals surface area contributed by atoms with Crippen molar-refractivity contribution in [3.8, 4) is 0 Å². The molecule has 3 N–H and O–H groups in total. The van der Waals surface area contributed by atoms with Crippen LogP contribution < -0.4 is 16.0 Å². The van der Waals surface area contributed by atoms with Gasteiger partial charge in [-0.3, -0.25) is 9.20 Å². The van der Waals surface area contributed by atoms with Gasteiger partial charge in [-0.15, -0.1) is 0 Å². The van der Waals surface area contributed by atoms with E-state index >= 15 is 0 Å². The molecule has 2 aromatic heterocycles. The van der Waals surface area contributed by atoms with E-state index in [0.29, 0.717) is 27.7 Å². The van der Waals surface area contributed by atoms with E-state index in [0.717, 1.165) is 11.1 Å². The molecule has 0 bridgehead atoms. The first-order valence-electron chi connectivity index (χ1n) is 10.2. The van der Waals surface area contributed by atoms with Gasteiger partial charge in [-0.1, -0.05) is 29.8 Å². The zero-order valence-electron chi connectivity index (χ0n) is 17.9. The molecule has 9 heteroatoms. The van der Waals surface area contributed by atoms with Crippen molar-refractivity contribution in [2.75, 3.05) is 10.6 Å². The molecular formula is C24H21ClFN5O2. The van der Waals surface area contributed by atoms with Gasteiger partial charge in [0, 0.05) is 28.7 Å². The number of anilines is 2. The summed E-state index contributed by atoms with van der Waals surface area (Å²) in [4.78, 5) is 29.4. The molecule has 2 heterocycles. The van der Waals surface area contributed by atoms with E-state index in [1.807, 2.05) is 26.0 Å². The summed E-state index contributed by atoms with van der Waals surface area (Å²) in [6.45, 7) is 3.69. The van der Waals surface area contributed by atoms with E-state index in [-0.39, 0.29) is 11.9 Å². The van der Waals surface area contributed by atoms with Crippen molar-refractivity contribution in [1.82, 2.24) is 14.7 Å². The number of amides is 3. The molecule has 0 saturated heterocycles. The first kappa shape index (κ1) is 22.3. The molecule has 168 valence electrons. The molecular weight excluding hydrogens is 445 g/mol. The Morgan fingerprint density at radius 3 is 2.70 bits per heavy atom.